The fourth-order valence-corrected chi connectivity index (χ4v) is 2.87. The second-order valence-electron chi connectivity index (χ2n) is 6.25. The summed E-state index contributed by atoms with van der Waals surface area (Å²) in [5.74, 6) is 0.616. The van der Waals surface area contributed by atoms with Crippen molar-refractivity contribution in [3.05, 3.63) is 0 Å². The lowest BCUT2D eigenvalue weighted by Gasteiger charge is -2.41. The van der Waals surface area contributed by atoms with Crippen LogP contribution in [0.15, 0.2) is 0 Å². The number of nitrogens with zero attached hydrogens (tertiary/aromatic N) is 1. The van der Waals surface area contributed by atoms with E-state index in [0.717, 1.165) is 6.42 Å². The van der Waals surface area contributed by atoms with Crippen molar-refractivity contribution in [1.82, 2.24) is 4.90 Å². The summed E-state index contributed by atoms with van der Waals surface area (Å²) in [6.45, 7) is 12.9. The van der Waals surface area contributed by atoms with Crippen molar-refractivity contribution in [3.8, 4) is 0 Å². The van der Waals surface area contributed by atoms with Crippen LogP contribution >= 0.6 is 0 Å². The Kier molecular flexibility index (Phi) is 5.94. The van der Waals surface area contributed by atoms with Crippen molar-refractivity contribution in [2.45, 2.75) is 65.8 Å². The smallest absolute Gasteiger partial charge is 0.00740 e. The van der Waals surface area contributed by atoms with E-state index in [-0.39, 0.29) is 0 Å². The summed E-state index contributed by atoms with van der Waals surface area (Å²) in [4.78, 5) is 2.62. The lowest BCUT2D eigenvalue weighted by molar-refractivity contribution is 0.0924. The summed E-state index contributed by atoms with van der Waals surface area (Å²) in [7, 11) is 0. The first-order valence-electron chi connectivity index (χ1n) is 7.51. The van der Waals surface area contributed by atoms with Gasteiger partial charge in [-0.25, -0.2) is 0 Å². The van der Waals surface area contributed by atoms with Gasteiger partial charge in [-0.2, -0.15) is 0 Å². The van der Waals surface area contributed by atoms with E-state index in [1.807, 2.05) is 0 Å². The standard InChI is InChI=1S/C15H32N2/c1-5-15(6-2)8-11-17(12-9-15)10-7-14(16)13(3)4/h13-14H,5-12,16H2,1-4H3. The molecule has 0 aromatic carbocycles. The third kappa shape index (κ3) is 4.26. The molecular formula is C15H32N2. The largest absolute Gasteiger partial charge is 0.327 e. The Balaban J connectivity index is 2.28. The van der Waals surface area contributed by atoms with Gasteiger partial charge in [-0.3, -0.25) is 0 Å². The molecule has 0 spiro atoms. The predicted molar refractivity (Wildman–Crippen MR) is 76.1 cm³/mol. The number of piperidine rings is 1. The number of likely N-dealkylation sites (tertiary alicyclic amines) is 1. The lowest BCUT2D eigenvalue weighted by atomic mass is 9.74. The Hall–Kier alpha value is -0.0800. The molecule has 2 N–H and O–H groups in total. The second-order valence-corrected chi connectivity index (χ2v) is 6.25. The van der Waals surface area contributed by atoms with Crippen LogP contribution in [0.5, 0.6) is 0 Å². The lowest BCUT2D eigenvalue weighted by Crippen LogP contribution is -2.41. The maximum Gasteiger partial charge on any atom is 0.00740 e. The van der Waals surface area contributed by atoms with Gasteiger partial charge >= 0.3 is 0 Å². The monoisotopic (exact) mass is 240 g/mol. The van der Waals surface area contributed by atoms with Gasteiger partial charge in [-0.05, 0) is 50.2 Å². The van der Waals surface area contributed by atoms with Gasteiger partial charge in [0, 0.05) is 6.04 Å². The van der Waals surface area contributed by atoms with Crippen LogP contribution in [0, 0.1) is 11.3 Å². The van der Waals surface area contributed by atoms with Crippen LogP contribution in [0.3, 0.4) is 0 Å². The van der Waals surface area contributed by atoms with Crippen LogP contribution < -0.4 is 5.73 Å². The molecule has 1 aliphatic heterocycles. The molecule has 1 heterocycles. The molecular weight excluding hydrogens is 208 g/mol. The van der Waals surface area contributed by atoms with E-state index in [1.165, 1.54) is 45.3 Å². The van der Waals surface area contributed by atoms with Gasteiger partial charge in [-0.15, -0.1) is 0 Å². The maximum absolute atomic E-state index is 6.11. The molecule has 0 aromatic rings. The summed E-state index contributed by atoms with van der Waals surface area (Å²) < 4.78 is 0. The molecule has 0 amide bonds. The molecule has 0 aliphatic carbocycles. The second kappa shape index (κ2) is 6.75. The molecule has 102 valence electrons. The van der Waals surface area contributed by atoms with E-state index < -0.39 is 0 Å². The minimum Gasteiger partial charge on any atom is -0.327 e. The summed E-state index contributed by atoms with van der Waals surface area (Å²) in [6, 6.07) is 0.374. The van der Waals surface area contributed by atoms with Crippen molar-refractivity contribution >= 4 is 0 Å². The zero-order valence-electron chi connectivity index (χ0n) is 12.3. The summed E-state index contributed by atoms with van der Waals surface area (Å²) >= 11 is 0. The average Bonchev–Trinajstić information content (AvgIpc) is 2.36. The minimum absolute atomic E-state index is 0.374. The highest BCUT2D eigenvalue weighted by Gasteiger charge is 2.30. The molecule has 1 rings (SSSR count). The summed E-state index contributed by atoms with van der Waals surface area (Å²) in [5.41, 5.74) is 6.76. The quantitative estimate of drug-likeness (QED) is 0.772. The van der Waals surface area contributed by atoms with Gasteiger partial charge in [-0.1, -0.05) is 40.5 Å². The Labute approximate surface area is 108 Å². The van der Waals surface area contributed by atoms with Crippen LogP contribution in [0.4, 0.5) is 0 Å². The number of hydrogen-bond donors (Lipinski definition) is 1. The van der Waals surface area contributed by atoms with Crippen LogP contribution in [-0.2, 0) is 0 Å². The number of nitrogens with two attached hydrogens (primary N) is 1. The Morgan fingerprint density at radius 1 is 1.12 bits per heavy atom. The highest BCUT2D eigenvalue weighted by molar-refractivity contribution is 4.84. The first-order chi connectivity index (χ1) is 8.03. The molecule has 0 aromatic heterocycles. The highest BCUT2D eigenvalue weighted by Crippen LogP contribution is 2.37. The van der Waals surface area contributed by atoms with Crippen LogP contribution in [0.2, 0.25) is 0 Å². The van der Waals surface area contributed by atoms with Gasteiger partial charge in [0.15, 0.2) is 0 Å². The molecule has 1 aliphatic rings. The van der Waals surface area contributed by atoms with E-state index in [0.29, 0.717) is 17.4 Å². The van der Waals surface area contributed by atoms with Crippen molar-refractivity contribution < 1.29 is 0 Å². The predicted octanol–water partition coefficient (Wildman–Crippen LogP) is 3.26. The van der Waals surface area contributed by atoms with Crippen molar-refractivity contribution in [2.24, 2.45) is 17.1 Å². The van der Waals surface area contributed by atoms with Gasteiger partial charge < -0.3 is 10.6 Å². The van der Waals surface area contributed by atoms with Gasteiger partial charge in [0.05, 0.1) is 0 Å². The molecule has 1 saturated heterocycles. The third-order valence-corrected chi connectivity index (χ3v) is 5.05. The normalized spacial score (nSPS) is 22.9. The molecule has 2 heteroatoms. The first kappa shape index (κ1) is 15.0. The average molecular weight is 240 g/mol. The van der Waals surface area contributed by atoms with E-state index in [9.17, 15) is 0 Å². The molecule has 1 fully saturated rings. The SMILES string of the molecule is CCC1(CC)CCN(CCC(N)C(C)C)CC1. The Morgan fingerprint density at radius 2 is 1.65 bits per heavy atom. The molecule has 17 heavy (non-hydrogen) atoms. The van der Waals surface area contributed by atoms with Crippen molar-refractivity contribution in [1.29, 1.82) is 0 Å². The van der Waals surface area contributed by atoms with E-state index >= 15 is 0 Å². The van der Waals surface area contributed by atoms with E-state index in [2.05, 4.69) is 32.6 Å². The topological polar surface area (TPSA) is 29.3 Å². The third-order valence-electron chi connectivity index (χ3n) is 5.05. The zero-order valence-corrected chi connectivity index (χ0v) is 12.3. The molecule has 1 atom stereocenters. The van der Waals surface area contributed by atoms with Crippen LogP contribution in [0.25, 0.3) is 0 Å². The van der Waals surface area contributed by atoms with Crippen molar-refractivity contribution in [3.63, 3.8) is 0 Å². The van der Waals surface area contributed by atoms with Crippen LogP contribution in [-0.4, -0.2) is 30.6 Å². The summed E-state index contributed by atoms with van der Waals surface area (Å²) in [6.07, 6.45) is 6.63. The minimum atomic E-state index is 0.374. The van der Waals surface area contributed by atoms with Gasteiger partial charge in [0.2, 0.25) is 0 Å². The molecule has 0 radical (unpaired) electrons. The van der Waals surface area contributed by atoms with E-state index in [4.69, 9.17) is 5.73 Å². The number of rotatable bonds is 6. The molecule has 0 bridgehead atoms. The van der Waals surface area contributed by atoms with E-state index in [1.54, 1.807) is 0 Å². The highest BCUT2D eigenvalue weighted by atomic mass is 15.1. The number of hydrogen-bond acceptors (Lipinski definition) is 2. The molecule has 1 unspecified atom stereocenters. The van der Waals surface area contributed by atoms with Gasteiger partial charge in [0.1, 0.15) is 0 Å². The summed E-state index contributed by atoms with van der Waals surface area (Å²) in [5, 5.41) is 0. The maximum atomic E-state index is 6.11. The molecule has 2 nitrogen and oxygen atoms in total. The fraction of sp³-hybridized carbons (Fsp3) is 1.00. The fourth-order valence-electron chi connectivity index (χ4n) is 2.87. The van der Waals surface area contributed by atoms with Gasteiger partial charge in [0.25, 0.3) is 0 Å². The Morgan fingerprint density at radius 3 is 2.06 bits per heavy atom. The molecule has 0 saturated carbocycles. The first-order valence-corrected chi connectivity index (χ1v) is 7.51. The zero-order chi connectivity index (χ0) is 12.9. The van der Waals surface area contributed by atoms with Crippen molar-refractivity contribution in [2.75, 3.05) is 19.6 Å². The Bertz CT molecular complexity index is 196. The van der Waals surface area contributed by atoms with Crippen LogP contribution in [0.1, 0.15) is 59.8 Å².